The molecule has 1 rings (SSSR count). The van der Waals surface area contributed by atoms with Crippen molar-refractivity contribution in [3.63, 3.8) is 0 Å². The first-order valence-electron chi connectivity index (χ1n) is 5.26. The fourth-order valence-corrected chi connectivity index (χ4v) is 1.45. The maximum absolute atomic E-state index is 11.7. The van der Waals surface area contributed by atoms with Crippen LogP contribution in [-0.2, 0) is 4.79 Å². The summed E-state index contributed by atoms with van der Waals surface area (Å²) in [7, 11) is 1.52. The average molecular weight is 272 g/mol. The van der Waals surface area contributed by atoms with E-state index in [0.717, 1.165) is 5.56 Å². The molecule has 2 N–H and O–H groups in total. The summed E-state index contributed by atoms with van der Waals surface area (Å²) in [5, 5.41) is 11.6. The zero-order chi connectivity index (χ0) is 13.7. The smallest absolute Gasteiger partial charge is 0.322 e. The molecule has 0 saturated carbocycles. The van der Waals surface area contributed by atoms with Gasteiger partial charge in [-0.25, -0.2) is 9.78 Å². The van der Waals surface area contributed by atoms with Crippen molar-refractivity contribution < 1.29 is 14.7 Å². The Kier molecular flexibility index (Phi) is 4.91. The molecule has 0 fully saturated rings. The summed E-state index contributed by atoms with van der Waals surface area (Å²) in [6, 6.07) is 1.27. The Balaban J connectivity index is 2.61. The quantitative estimate of drug-likeness (QED) is 0.877. The van der Waals surface area contributed by atoms with Gasteiger partial charge in [-0.2, -0.15) is 0 Å². The van der Waals surface area contributed by atoms with E-state index in [0.29, 0.717) is 10.8 Å². The van der Waals surface area contributed by atoms with Crippen molar-refractivity contribution in [1.82, 2.24) is 9.88 Å². The Labute approximate surface area is 110 Å². The molecule has 0 bridgehead atoms. The molecule has 0 spiro atoms. The van der Waals surface area contributed by atoms with Crippen molar-refractivity contribution in [2.75, 3.05) is 18.9 Å². The Bertz CT molecular complexity index is 465. The zero-order valence-corrected chi connectivity index (χ0v) is 10.9. The summed E-state index contributed by atoms with van der Waals surface area (Å²) in [6.45, 7) is 1.90. The lowest BCUT2D eigenvalue weighted by atomic mass is 10.3. The normalized spacial score (nSPS) is 9.94. The van der Waals surface area contributed by atoms with Crippen LogP contribution in [0.3, 0.4) is 0 Å². The van der Waals surface area contributed by atoms with E-state index < -0.39 is 12.0 Å². The lowest BCUT2D eigenvalue weighted by molar-refractivity contribution is -0.137. The van der Waals surface area contributed by atoms with Gasteiger partial charge in [0.05, 0.1) is 11.4 Å². The molecule has 2 amide bonds. The van der Waals surface area contributed by atoms with Crippen LogP contribution in [0, 0.1) is 6.92 Å². The predicted octanol–water partition coefficient (Wildman–Crippen LogP) is 1.98. The average Bonchev–Trinajstić information content (AvgIpc) is 2.29. The number of carboxylic acid groups (broad SMARTS) is 1. The van der Waals surface area contributed by atoms with Gasteiger partial charge in [0, 0.05) is 19.8 Å². The van der Waals surface area contributed by atoms with E-state index in [2.05, 4.69) is 10.3 Å². The maximum atomic E-state index is 11.7. The summed E-state index contributed by atoms with van der Waals surface area (Å²) in [6.07, 6.45) is 1.33. The molecule has 0 atom stereocenters. The minimum absolute atomic E-state index is 0.100. The van der Waals surface area contributed by atoms with Gasteiger partial charge in [0.1, 0.15) is 5.82 Å². The van der Waals surface area contributed by atoms with Crippen molar-refractivity contribution >= 4 is 29.4 Å². The third-order valence-corrected chi connectivity index (χ3v) is 2.48. The molecule has 0 aliphatic carbocycles. The number of rotatable bonds is 4. The van der Waals surface area contributed by atoms with Crippen molar-refractivity contribution in [2.45, 2.75) is 13.3 Å². The van der Waals surface area contributed by atoms with Gasteiger partial charge in [-0.1, -0.05) is 11.6 Å². The highest BCUT2D eigenvalue weighted by Gasteiger charge is 2.12. The molecular weight excluding hydrogens is 258 g/mol. The van der Waals surface area contributed by atoms with Gasteiger partial charge in [-0.3, -0.25) is 10.1 Å². The molecular formula is C11H14ClN3O3. The first-order chi connectivity index (χ1) is 8.40. The number of nitrogens with zero attached hydrogens (tertiary/aromatic N) is 2. The molecule has 7 heteroatoms. The minimum Gasteiger partial charge on any atom is -0.481 e. The number of aromatic nitrogens is 1. The van der Waals surface area contributed by atoms with Crippen molar-refractivity contribution in [2.24, 2.45) is 0 Å². The highest BCUT2D eigenvalue weighted by atomic mass is 35.5. The Hall–Kier alpha value is -1.82. The molecule has 1 heterocycles. The number of urea groups is 1. The maximum Gasteiger partial charge on any atom is 0.322 e. The summed E-state index contributed by atoms with van der Waals surface area (Å²) < 4.78 is 0. The van der Waals surface area contributed by atoms with Gasteiger partial charge in [0.2, 0.25) is 0 Å². The first-order valence-corrected chi connectivity index (χ1v) is 5.64. The fourth-order valence-electron chi connectivity index (χ4n) is 1.23. The molecule has 0 radical (unpaired) electrons. The number of carboxylic acids is 1. The molecule has 0 saturated heterocycles. The van der Waals surface area contributed by atoms with E-state index in [1.165, 1.54) is 18.1 Å². The van der Waals surface area contributed by atoms with Crippen molar-refractivity contribution in [3.05, 3.63) is 22.8 Å². The highest BCUT2D eigenvalue weighted by molar-refractivity contribution is 6.30. The van der Waals surface area contributed by atoms with E-state index >= 15 is 0 Å². The van der Waals surface area contributed by atoms with E-state index in [1.54, 1.807) is 13.0 Å². The number of anilines is 1. The van der Waals surface area contributed by atoms with Crippen LogP contribution < -0.4 is 5.32 Å². The Morgan fingerprint density at radius 2 is 2.22 bits per heavy atom. The summed E-state index contributed by atoms with van der Waals surface area (Å²) in [5.41, 5.74) is 0.738. The SMILES string of the molecule is Cc1cc(Cl)cnc1NC(=O)N(C)CCC(=O)O. The van der Waals surface area contributed by atoms with Crippen LogP contribution in [0.25, 0.3) is 0 Å². The van der Waals surface area contributed by atoms with Crippen LogP contribution in [0.1, 0.15) is 12.0 Å². The summed E-state index contributed by atoms with van der Waals surface area (Å²) >= 11 is 5.75. The van der Waals surface area contributed by atoms with Gasteiger partial charge < -0.3 is 10.0 Å². The zero-order valence-electron chi connectivity index (χ0n) is 10.1. The molecule has 0 aliphatic heterocycles. The fraction of sp³-hybridized carbons (Fsp3) is 0.364. The molecule has 1 aromatic rings. The third kappa shape index (κ3) is 4.21. The standard InChI is InChI=1S/C11H14ClN3O3/c1-7-5-8(12)6-13-10(7)14-11(18)15(2)4-3-9(16)17/h5-6H,3-4H2,1-2H3,(H,16,17)(H,13,14,18). The van der Waals surface area contributed by atoms with Crippen LogP contribution in [-0.4, -0.2) is 40.6 Å². The second kappa shape index (κ2) is 6.20. The Morgan fingerprint density at radius 1 is 1.56 bits per heavy atom. The predicted molar refractivity (Wildman–Crippen MR) is 67.9 cm³/mol. The van der Waals surface area contributed by atoms with Crippen LogP contribution in [0.4, 0.5) is 10.6 Å². The molecule has 0 aromatic carbocycles. The Morgan fingerprint density at radius 3 is 2.78 bits per heavy atom. The van der Waals surface area contributed by atoms with Gasteiger partial charge >= 0.3 is 12.0 Å². The number of halogens is 1. The van der Waals surface area contributed by atoms with Crippen molar-refractivity contribution in [1.29, 1.82) is 0 Å². The number of nitrogens with one attached hydrogen (secondary N) is 1. The topological polar surface area (TPSA) is 82.5 Å². The van der Waals surface area contributed by atoms with Gasteiger partial charge in [0.15, 0.2) is 0 Å². The minimum atomic E-state index is -0.949. The van der Waals surface area contributed by atoms with E-state index in [-0.39, 0.29) is 13.0 Å². The summed E-state index contributed by atoms with van der Waals surface area (Å²) in [5.74, 6) is -0.540. The molecule has 1 aromatic heterocycles. The first kappa shape index (κ1) is 14.2. The number of pyridine rings is 1. The van der Waals surface area contributed by atoms with Crippen LogP contribution in [0.5, 0.6) is 0 Å². The number of amides is 2. The number of carbonyl (C=O) groups excluding carboxylic acids is 1. The monoisotopic (exact) mass is 271 g/mol. The lowest BCUT2D eigenvalue weighted by Crippen LogP contribution is -2.33. The number of aryl methyl sites for hydroxylation is 1. The van der Waals surface area contributed by atoms with Crippen molar-refractivity contribution in [3.8, 4) is 0 Å². The van der Waals surface area contributed by atoms with Gasteiger partial charge in [0.25, 0.3) is 0 Å². The van der Waals surface area contributed by atoms with Gasteiger partial charge in [-0.15, -0.1) is 0 Å². The second-order valence-electron chi connectivity index (χ2n) is 3.81. The number of hydrogen-bond donors (Lipinski definition) is 2. The molecule has 98 valence electrons. The number of hydrogen-bond acceptors (Lipinski definition) is 3. The van der Waals surface area contributed by atoms with Crippen LogP contribution >= 0.6 is 11.6 Å². The van der Waals surface area contributed by atoms with E-state index in [1.807, 2.05) is 0 Å². The molecule has 0 aliphatic rings. The van der Waals surface area contributed by atoms with E-state index in [9.17, 15) is 9.59 Å². The van der Waals surface area contributed by atoms with Gasteiger partial charge in [-0.05, 0) is 18.6 Å². The van der Waals surface area contributed by atoms with Crippen LogP contribution in [0.2, 0.25) is 5.02 Å². The second-order valence-corrected chi connectivity index (χ2v) is 4.25. The molecule has 6 nitrogen and oxygen atoms in total. The third-order valence-electron chi connectivity index (χ3n) is 2.28. The largest absolute Gasteiger partial charge is 0.481 e. The summed E-state index contributed by atoms with van der Waals surface area (Å²) in [4.78, 5) is 27.4. The number of carbonyl (C=O) groups is 2. The number of aliphatic carboxylic acids is 1. The highest BCUT2D eigenvalue weighted by Crippen LogP contribution is 2.16. The van der Waals surface area contributed by atoms with Crippen LogP contribution in [0.15, 0.2) is 12.3 Å². The molecule has 0 unspecified atom stereocenters. The molecule has 18 heavy (non-hydrogen) atoms. The lowest BCUT2D eigenvalue weighted by Gasteiger charge is -2.17. The van der Waals surface area contributed by atoms with E-state index in [4.69, 9.17) is 16.7 Å².